The molecule has 1 N–H and O–H groups in total. The van der Waals surface area contributed by atoms with Crippen LogP contribution in [-0.2, 0) is 16.1 Å². The van der Waals surface area contributed by atoms with Crippen molar-refractivity contribution >= 4 is 39.2 Å². The molecule has 0 bridgehead atoms. The topological polar surface area (TPSA) is 53.9 Å². The van der Waals surface area contributed by atoms with Crippen LogP contribution in [0.2, 0.25) is 0 Å². The van der Waals surface area contributed by atoms with E-state index >= 15 is 0 Å². The quantitative estimate of drug-likeness (QED) is 0.490. The molecule has 7 heteroatoms. The van der Waals surface area contributed by atoms with Crippen LogP contribution in [0.3, 0.4) is 0 Å². The first-order valence-electron chi connectivity index (χ1n) is 7.49. The minimum Gasteiger partial charge on any atom is -0.469 e. The molecule has 0 aromatic carbocycles. The molecule has 0 spiro atoms. The number of nitrogens with one attached hydrogen (secondary N) is 1. The van der Waals surface area contributed by atoms with Gasteiger partial charge in [0.05, 0.1) is 23.4 Å². The van der Waals surface area contributed by atoms with Crippen LogP contribution in [-0.4, -0.2) is 43.6 Å². The third kappa shape index (κ3) is 4.71. The highest BCUT2D eigenvalue weighted by Gasteiger charge is 2.26. The fourth-order valence-corrected chi connectivity index (χ4v) is 3.92. The van der Waals surface area contributed by atoms with Crippen molar-refractivity contribution in [3.63, 3.8) is 0 Å². The number of likely N-dealkylation sites (tertiary alicyclic amines) is 1. The molecule has 5 nitrogen and oxygen atoms in total. The number of rotatable bonds is 4. The van der Waals surface area contributed by atoms with Gasteiger partial charge in [-0.25, -0.2) is 4.99 Å². The molecule has 1 fully saturated rings. The smallest absolute Gasteiger partial charge is 0.308 e. The second-order valence-electron chi connectivity index (χ2n) is 5.16. The summed E-state index contributed by atoms with van der Waals surface area (Å²) in [7, 11) is 1.46. The summed E-state index contributed by atoms with van der Waals surface area (Å²) < 4.78 is 5.96. The van der Waals surface area contributed by atoms with Crippen LogP contribution in [0.4, 0.5) is 0 Å². The average Bonchev–Trinajstić information content (AvgIpc) is 2.96. The number of guanidine groups is 1. The summed E-state index contributed by atoms with van der Waals surface area (Å²) in [4.78, 5) is 19.8. The van der Waals surface area contributed by atoms with Crippen LogP contribution < -0.4 is 5.32 Å². The minimum atomic E-state index is -0.0926. The molecular formula is C15H22BrN3O2S. The van der Waals surface area contributed by atoms with E-state index in [1.807, 2.05) is 6.07 Å². The Kier molecular flexibility index (Phi) is 6.70. The lowest BCUT2D eigenvalue weighted by molar-refractivity contribution is -0.146. The number of hydrogen-bond donors (Lipinski definition) is 1. The van der Waals surface area contributed by atoms with Gasteiger partial charge in [0.25, 0.3) is 0 Å². The zero-order valence-corrected chi connectivity index (χ0v) is 15.4. The first-order chi connectivity index (χ1) is 10.6. The van der Waals surface area contributed by atoms with E-state index in [-0.39, 0.29) is 11.9 Å². The van der Waals surface area contributed by atoms with E-state index < -0.39 is 0 Å². The molecule has 1 aromatic rings. The normalized spacial score (nSPS) is 16.7. The van der Waals surface area contributed by atoms with Gasteiger partial charge in [0.2, 0.25) is 0 Å². The van der Waals surface area contributed by atoms with Crippen molar-refractivity contribution in [1.82, 2.24) is 10.2 Å². The van der Waals surface area contributed by atoms with Crippen molar-refractivity contribution in [2.75, 3.05) is 26.7 Å². The Labute approximate surface area is 143 Å². The van der Waals surface area contributed by atoms with Crippen LogP contribution in [0.25, 0.3) is 0 Å². The lowest BCUT2D eigenvalue weighted by atomic mass is 9.97. The van der Waals surface area contributed by atoms with Gasteiger partial charge in [-0.2, -0.15) is 0 Å². The van der Waals surface area contributed by atoms with E-state index in [9.17, 15) is 4.79 Å². The fraction of sp³-hybridized carbons (Fsp3) is 0.600. The van der Waals surface area contributed by atoms with Crippen LogP contribution in [0, 0.1) is 5.92 Å². The number of carbonyl (C=O) groups excluding carboxylic acids is 1. The molecule has 1 aliphatic heterocycles. The van der Waals surface area contributed by atoms with Gasteiger partial charge in [0.15, 0.2) is 5.96 Å². The van der Waals surface area contributed by atoms with Crippen molar-refractivity contribution in [3.05, 3.63) is 20.8 Å². The summed E-state index contributed by atoms with van der Waals surface area (Å²) in [6.07, 6.45) is 1.64. The number of methoxy groups -OCH3 is 1. The van der Waals surface area contributed by atoms with Crippen LogP contribution >= 0.6 is 27.3 Å². The van der Waals surface area contributed by atoms with Gasteiger partial charge in [-0.15, -0.1) is 11.3 Å². The maximum absolute atomic E-state index is 11.6. The number of nitrogens with zero attached hydrogens (tertiary/aromatic N) is 2. The molecule has 1 saturated heterocycles. The van der Waals surface area contributed by atoms with E-state index in [0.29, 0.717) is 6.54 Å². The molecule has 0 aliphatic carbocycles. The maximum Gasteiger partial charge on any atom is 0.308 e. The highest BCUT2D eigenvalue weighted by molar-refractivity contribution is 9.11. The van der Waals surface area contributed by atoms with E-state index in [1.54, 1.807) is 11.3 Å². The number of thiophene rings is 1. The third-order valence-electron chi connectivity index (χ3n) is 3.68. The first-order valence-corrected chi connectivity index (χ1v) is 9.10. The minimum absolute atomic E-state index is 0.0253. The molecule has 0 saturated carbocycles. The van der Waals surface area contributed by atoms with Crippen molar-refractivity contribution in [2.24, 2.45) is 10.9 Å². The van der Waals surface area contributed by atoms with Crippen molar-refractivity contribution in [3.8, 4) is 0 Å². The molecule has 2 heterocycles. The van der Waals surface area contributed by atoms with Gasteiger partial charge >= 0.3 is 5.97 Å². The van der Waals surface area contributed by atoms with Gasteiger partial charge in [-0.3, -0.25) is 4.79 Å². The molecule has 1 aromatic heterocycles. The Balaban J connectivity index is 1.95. The zero-order chi connectivity index (χ0) is 15.9. The molecule has 0 atom stereocenters. The number of ether oxygens (including phenoxy) is 1. The van der Waals surface area contributed by atoms with Crippen LogP contribution in [0.15, 0.2) is 20.9 Å². The van der Waals surface area contributed by atoms with Gasteiger partial charge in [0.1, 0.15) is 0 Å². The summed E-state index contributed by atoms with van der Waals surface area (Å²) >= 11 is 5.18. The predicted octanol–water partition coefficient (Wildman–Crippen LogP) is 2.86. The first kappa shape index (κ1) is 17.3. The third-order valence-corrected chi connectivity index (χ3v) is 5.29. The van der Waals surface area contributed by atoms with E-state index in [2.05, 4.69) is 39.1 Å². The molecule has 2 rings (SSSR count). The Morgan fingerprint density at radius 2 is 2.23 bits per heavy atom. The van der Waals surface area contributed by atoms with Crippen molar-refractivity contribution < 1.29 is 9.53 Å². The Morgan fingerprint density at radius 3 is 2.77 bits per heavy atom. The van der Waals surface area contributed by atoms with Crippen molar-refractivity contribution in [2.45, 2.75) is 26.3 Å². The molecule has 1 aliphatic rings. The number of carbonyl (C=O) groups is 1. The second kappa shape index (κ2) is 8.53. The fourth-order valence-electron chi connectivity index (χ4n) is 2.51. The second-order valence-corrected chi connectivity index (χ2v) is 7.71. The molecule has 0 amide bonds. The summed E-state index contributed by atoms with van der Waals surface area (Å²) in [5, 5.41) is 3.34. The van der Waals surface area contributed by atoms with Gasteiger partial charge < -0.3 is 15.0 Å². The molecule has 22 heavy (non-hydrogen) atoms. The predicted molar refractivity (Wildman–Crippen MR) is 93.1 cm³/mol. The maximum atomic E-state index is 11.6. The summed E-state index contributed by atoms with van der Waals surface area (Å²) in [5.74, 6) is 0.859. The number of esters is 1. The number of aliphatic imine (C=N–C) groups is 1. The Hall–Kier alpha value is -1.08. The monoisotopic (exact) mass is 387 g/mol. The zero-order valence-electron chi connectivity index (χ0n) is 13.0. The summed E-state index contributed by atoms with van der Waals surface area (Å²) in [5.41, 5.74) is 0. The van der Waals surface area contributed by atoms with Gasteiger partial charge in [0, 0.05) is 24.5 Å². The molecular weight excluding hydrogens is 366 g/mol. The number of piperidine rings is 1. The highest BCUT2D eigenvalue weighted by atomic mass is 79.9. The Morgan fingerprint density at radius 1 is 1.50 bits per heavy atom. The highest BCUT2D eigenvalue weighted by Crippen LogP contribution is 2.23. The largest absolute Gasteiger partial charge is 0.469 e. The van der Waals surface area contributed by atoms with E-state index in [0.717, 1.165) is 42.2 Å². The van der Waals surface area contributed by atoms with E-state index in [4.69, 9.17) is 9.73 Å². The van der Waals surface area contributed by atoms with Crippen LogP contribution in [0.5, 0.6) is 0 Å². The Bertz CT molecular complexity index is 525. The lowest BCUT2D eigenvalue weighted by Crippen LogP contribution is -2.46. The average molecular weight is 388 g/mol. The van der Waals surface area contributed by atoms with Gasteiger partial charge in [-0.1, -0.05) is 0 Å². The standard InChI is InChI=1S/C15H22BrN3O2S/c1-3-17-15(18-10-12-4-5-13(16)22-12)19-8-6-11(7-9-19)14(20)21-2/h4-5,11H,3,6-10H2,1-2H3,(H,17,18). The van der Waals surface area contributed by atoms with E-state index in [1.165, 1.54) is 12.0 Å². The van der Waals surface area contributed by atoms with Crippen LogP contribution in [0.1, 0.15) is 24.6 Å². The summed E-state index contributed by atoms with van der Waals surface area (Å²) in [6, 6.07) is 4.13. The number of halogens is 1. The molecule has 0 radical (unpaired) electrons. The van der Waals surface area contributed by atoms with Gasteiger partial charge in [-0.05, 0) is 47.8 Å². The van der Waals surface area contributed by atoms with Crippen molar-refractivity contribution in [1.29, 1.82) is 0 Å². The number of hydrogen-bond acceptors (Lipinski definition) is 4. The summed E-state index contributed by atoms with van der Waals surface area (Å²) in [6.45, 7) is 5.25. The lowest BCUT2D eigenvalue weighted by Gasteiger charge is -2.33. The molecule has 122 valence electrons. The molecule has 0 unspecified atom stereocenters. The SMILES string of the molecule is CCNC(=NCc1ccc(Br)s1)N1CCC(C(=O)OC)CC1.